The largest absolute Gasteiger partial charge is 0.441 e. The topological polar surface area (TPSA) is 46.3 Å². The zero-order valence-electron chi connectivity index (χ0n) is 14.8. The van der Waals surface area contributed by atoms with Gasteiger partial charge in [-0.15, -0.1) is 0 Å². The molecular weight excluding hydrogens is 300 g/mol. The summed E-state index contributed by atoms with van der Waals surface area (Å²) in [5, 5.41) is 0. The number of hydrogen-bond acceptors (Lipinski definition) is 3. The first kappa shape index (κ1) is 16.7. The Hall–Kier alpha value is -2.10. The summed E-state index contributed by atoms with van der Waals surface area (Å²) in [5.74, 6) is 1.51. The van der Waals surface area contributed by atoms with Crippen LogP contribution in [0.5, 0.6) is 0 Å². The lowest BCUT2D eigenvalue weighted by Gasteiger charge is -2.23. The first-order valence-corrected chi connectivity index (χ1v) is 8.97. The third-order valence-electron chi connectivity index (χ3n) is 4.99. The first-order chi connectivity index (χ1) is 11.6. The molecule has 1 atom stereocenters. The lowest BCUT2D eigenvalue weighted by atomic mass is 10.1. The van der Waals surface area contributed by atoms with E-state index in [1.807, 2.05) is 24.0 Å². The molecule has 1 aromatic heterocycles. The minimum absolute atomic E-state index is 0.170. The van der Waals surface area contributed by atoms with Crippen LogP contribution in [0, 0.1) is 6.92 Å². The fourth-order valence-corrected chi connectivity index (χ4v) is 3.43. The van der Waals surface area contributed by atoms with Crippen molar-refractivity contribution < 1.29 is 9.21 Å². The Morgan fingerprint density at radius 1 is 1.29 bits per heavy atom. The molecule has 1 aliphatic heterocycles. The summed E-state index contributed by atoms with van der Waals surface area (Å²) < 4.78 is 5.81. The van der Waals surface area contributed by atoms with Crippen molar-refractivity contribution in [2.75, 3.05) is 6.54 Å². The van der Waals surface area contributed by atoms with Gasteiger partial charge in [0.15, 0.2) is 0 Å². The molecule has 1 aliphatic rings. The van der Waals surface area contributed by atoms with Crippen LogP contribution in [0.3, 0.4) is 0 Å². The zero-order chi connectivity index (χ0) is 17.1. The van der Waals surface area contributed by atoms with Gasteiger partial charge in [0, 0.05) is 18.2 Å². The molecule has 0 bridgehead atoms. The van der Waals surface area contributed by atoms with Crippen LogP contribution in [0.1, 0.15) is 50.1 Å². The van der Waals surface area contributed by atoms with E-state index in [1.54, 1.807) is 0 Å². The summed E-state index contributed by atoms with van der Waals surface area (Å²) >= 11 is 0. The van der Waals surface area contributed by atoms with Gasteiger partial charge in [-0.2, -0.15) is 0 Å². The highest BCUT2D eigenvalue weighted by Gasteiger charge is 2.28. The third-order valence-corrected chi connectivity index (χ3v) is 4.99. The fraction of sp³-hybridized carbons (Fsp3) is 0.500. The number of likely N-dealkylation sites (tertiary alicyclic amines) is 1. The van der Waals surface area contributed by atoms with Gasteiger partial charge in [-0.1, -0.05) is 26.0 Å². The van der Waals surface area contributed by atoms with Crippen molar-refractivity contribution in [1.29, 1.82) is 0 Å². The Labute approximate surface area is 143 Å². The monoisotopic (exact) mass is 326 g/mol. The molecule has 1 saturated heterocycles. The highest BCUT2D eigenvalue weighted by molar-refractivity contribution is 5.79. The summed E-state index contributed by atoms with van der Waals surface area (Å²) in [7, 11) is 0. The van der Waals surface area contributed by atoms with E-state index in [2.05, 4.69) is 31.0 Å². The van der Waals surface area contributed by atoms with E-state index in [-0.39, 0.29) is 5.91 Å². The number of carbonyl (C=O) groups is 1. The predicted octanol–water partition coefficient (Wildman–Crippen LogP) is 4.16. The van der Waals surface area contributed by atoms with Gasteiger partial charge < -0.3 is 9.32 Å². The maximum atomic E-state index is 12.6. The van der Waals surface area contributed by atoms with Crippen LogP contribution in [0.15, 0.2) is 28.7 Å². The number of rotatable bonds is 5. The summed E-state index contributed by atoms with van der Waals surface area (Å²) in [6.45, 7) is 7.05. The van der Waals surface area contributed by atoms with Crippen LogP contribution in [0.4, 0.5) is 0 Å². The predicted molar refractivity (Wildman–Crippen MR) is 94.8 cm³/mol. The molecule has 3 rings (SSSR count). The maximum absolute atomic E-state index is 12.6. The molecule has 24 heavy (non-hydrogen) atoms. The van der Waals surface area contributed by atoms with Crippen molar-refractivity contribution in [3.05, 3.63) is 41.3 Å². The van der Waals surface area contributed by atoms with E-state index in [9.17, 15) is 4.79 Å². The molecular formula is C20H26N2O2. The summed E-state index contributed by atoms with van der Waals surface area (Å²) in [6, 6.07) is 8.64. The molecule has 1 fully saturated rings. The summed E-state index contributed by atoms with van der Waals surface area (Å²) in [5.41, 5.74) is 3.01. The number of carbonyl (C=O) groups excluding carboxylic acids is 1. The van der Waals surface area contributed by atoms with Gasteiger partial charge >= 0.3 is 0 Å². The van der Waals surface area contributed by atoms with Gasteiger partial charge in [0.1, 0.15) is 5.76 Å². The number of amides is 1. The molecule has 0 radical (unpaired) electrons. The van der Waals surface area contributed by atoms with Crippen LogP contribution in [-0.2, 0) is 17.6 Å². The Balaban J connectivity index is 1.75. The number of hydrogen-bond donors (Lipinski definition) is 0. The van der Waals surface area contributed by atoms with Crippen LogP contribution < -0.4 is 0 Å². The van der Waals surface area contributed by atoms with E-state index >= 15 is 0 Å². The Kier molecular flexibility index (Phi) is 5.03. The molecule has 2 aromatic rings. The van der Waals surface area contributed by atoms with E-state index in [1.165, 1.54) is 5.56 Å². The van der Waals surface area contributed by atoms with Crippen molar-refractivity contribution in [3.8, 4) is 11.5 Å². The molecule has 0 aliphatic carbocycles. The fourth-order valence-electron chi connectivity index (χ4n) is 3.43. The molecule has 4 nitrogen and oxygen atoms in total. The molecule has 4 heteroatoms. The standard InChI is InChI=1S/C20H26N2O2/c1-4-15-8-10-16(11-9-15)20-21-18(14(3)24-20)13-19(23)22-12-6-7-17(22)5-2/h8-11,17H,4-7,12-13H2,1-3H3. The quantitative estimate of drug-likeness (QED) is 0.829. The maximum Gasteiger partial charge on any atom is 0.228 e. The molecule has 1 unspecified atom stereocenters. The number of aromatic nitrogens is 1. The number of aryl methyl sites for hydroxylation is 2. The van der Waals surface area contributed by atoms with Gasteiger partial charge in [-0.3, -0.25) is 4.79 Å². The van der Waals surface area contributed by atoms with Crippen LogP contribution >= 0.6 is 0 Å². The molecule has 128 valence electrons. The summed E-state index contributed by atoms with van der Waals surface area (Å²) in [6.07, 6.45) is 4.60. The highest BCUT2D eigenvalue weighted by atomic mass is 16.4. The van der Waals surface area contributed by atoms with Crippen molar-refractivity contribution in [3.63, 3.8) is 0 Å². The Bertz CT molecular complexity index is 703. The van der Waals surface area contributed by atoms with Crippen molar-refractivity contribution >= 4 is 5.91 Å². The van der Waals surface area contributed by atoms with Gasteiger partial charge in [0.2, 0.25) is 11.8 Å². The number of nitrogens with zero attached hydrogens (tertiary/aromatic N) is 2. The second kappa shape index (κ2) is 7.20. The Morgan fingerprint density at radius 2 is 2.04 bits per heavy atom. The smallest absolute Gasteiger partial charge is 0.228 e. The van der Waals surface area contributed by atoms with E-state index < -0.39 is 0 Å². The van der Waals surface area contributed by atoms with E-state index in [4.69, 9.17) is 4.42 Å². The molecule has 2 heterocycles. The van der Waals surface area contributed by atoms with Crippen molar-refractivity contribution in [2.24, 2.45) is 0 Å². The average molecular weight is 326 g/mol. The molecule has 0 saturated carbocycles. The van der Waals surface area contributed by atoms with Crippen LogP contribution in [-0.4, -0.2) is 28.4 Å². The van der Waals surface area contributed by atoms with Crippen LogP contribution in [0.25, 0.3) is 11.5 Å². The normalized spacial score (nSPS) is 17.5. The molecule has 1 amide bonds. The van der Waals surface area contributed by atoms with Gasteiger partial charge in [0.25, 0.3) is 0 Å². The van der Waals surface area contributed by atoms with Gasteiger partial charge in [-0.25, -0.2) is 4.98 Å². The lowest BCUT2D eigenvalue weighted by Crippen LogP contribution is -2.36. The highest BCUT2D eigenvalue weighted by Crippen LogP contribution is 2.25. The second-order valence-corrected chi connectivity index (χ2v) is 6.54. The van der Waals surface area contributed by atoms with Gasteiger partial charge in [0.05, 0.1) is 12.1 Å². The molecule has 0 N–H and O–H groups in total. The van der Waals surface area contributed by atoms with E-state index in [0.29, 0.717) is 18.4 Å². The molecule has 1 aromatic carbocycles. The van der Waals surface area contributed by atoms with Crippen LogP contribution in [0.2, 0.25) is 0 Å². The Morgan fingerprint density at radius 3 is 2.71 bits per heavy atom. The van der Waals surface area contributed by atoms with Crippen molar-refractivity contribution in [1.82, 2.24) is 9.88 Å². The first-order valence-electron chi connectivity index (χ1n) is 8.97. The van der Waals surface area contributed by atoms with Gasteiger partial charge in [-0.05, 0) is 50.3 Å². The summed E-state index contributed by atoms with van der Waals surface area (Å²) in [4.78, 5) is 19.2. The number of benzene rings is 1. The third kappa shape index (κ3) is 3.37. The van der Waals surface area contributed by atoms with E-state index in [0.717, 1.165) is 49.2 Å². The average Bonchev–Trinajstić information content (AvgIpc) is 3.22. The lowest BCUT2D eigenvalue weighted by molar-refractivity contribution is -0.131. The molecule has 0 spiro atoms. The SMILES string of the molecule is CCc1ccc(-c2nc(CC(=O)N3CCCC3CC)c(C)o2)cc1. The van der Waals surface area contributed by atoms with Crippen molar-refractivity contribution in [2.45, 2.75) is 58.9 Å². The minimum Gasteiger partial charge on any atom is -0.441 e. The minimum atomic E-state index is 0.170. The number of oxazole rings is 1. The zero-order valence-corrected chi connectivity index (χ0v) is 14.8. The second-order valence-electron chi connectivity index (χ2n) is 6.54.